The summed E-state index contributed by atoms with van der Waals surface area (Å²) in [6.07, 6.45) is 0.348. The zero-order chi connectivity index (χ0) is 8.43. The van der Waals surface area contributed by atoms with Gasteiger partial charge in [0.25, 0.3) is 0 Å². The Hall–Kier alpha value is -1.37. The average molecular weight is 152 g/mol. The summed E-state index contributed by atoms with van der Waals surface area (Å²) in [6.45, 7) is 1.70. The van der Waals surface area contributed by atoms with E-state index >= 15 is 0 Å². The fraction of sp³-hybridized carbons (Fsp3) is 0.571. The summed E-state index contributed by atoms with van der Waals surface area (Å²) in [5, 5.41) is 10.6. The van der Waals surface area contributed by atoms with Gasteiger partial charge >= 0.3 is 0 Å². The fourth-order valence-corrected chi connectivity index (χ4v) is 1.01. The summed E-state index contributed by atoms with van der Waals surface area (Å²) >= 11 is 0. The predicted octanol–water partition coefficient (Wildman–Crippen LogP) is -0.191. The van der Waals surface area contributed by atoms with Crippen LogP contribution in [-0.4, -0.2) is 11.8 Å². The molecule has 0 aromatic heterocycles. The van der Waals surface area contributed by atoms with Gasteiger partial charge in [-0.05, 0) is 6.42 Å². The lowest BCUT2D eigenvalue weighted by Crippen LogP contribution is -2.44. The van der Waals surface area contributed by atoms with Crippen LogP contribution in [0.1, 0.15) is 13.3 Å². The van der Waals surface area contributed by atoms with Crippen LogP contribution in [0.2, 0.25) is 0 Å². The molecule has 1 N–H and O–H groups in total. The highest BCUT2D eigenvalue weighted by Gasteiger charge is 2.31. The Labute approximate surface area is 64.2 Å². The van der Waals surface area contributed by atoms with Crippen LogP contribution in [0, 0.1) is 23.2 Å². The average Bonchev–Trinajstić information content (AvgIpc) is 1.97. The fourth-order valence-electron chi connectivity index (χ4n) is 1.01. The molecule has 0 radical (unpaired) electrons. The van der Waals surface area contributed by atoms with E-state index < -0.39 is 11.8 Å². The first kappa shape index (κ1) is 7.73. The molecule has 1 heterocycles. The molecule has 1 rings (SSSR count). The summed E-state index contributed by atoms with van der Waals surface area (Å²) in [4.78, 5) is 21.7. The number of imide groups is 1. The van der Waals surface area contributed by atoms with Crippen molar-refractivity contribution in [3.8, 4) is 6.07 Å². The van der Waals surface area contributed by atoms with Crippen LogP contribution in [0.3, 0.4) is 0 Å². The van der Waals surface area contributed by atoms with Gasteiger partial charge in [0.1, 0.15) is 5.92 Å². The van der Waals surface area contributed by atoms with Gasteiger partial charge in [-0.2, -0.15) is 5.26 Å². The molecule has 0 bridgehead atoms. The zero-order valence-electron chi connectivity index (χ0n) is 6.13. The molecule has 2 amide bonds. The maximum absolute atomic E-state index is 10.8. The molecule has 58 valence electrons. The standard InChI is InChI=1S/C7H8N2O2/c1-4-2-5(3-8)7(11)9-6(4)10/h4-5H,2H2,1H3,(H,9,10,11). The van der Waals surface area contributed by atoms with Gasteiger partial charge in [0, 0.05) is 5.92 Å². The molecule has 0 saturated carbocycles. The van der Waals surface area contributed by atoms with Gasteiger partial charge in [0.2, 0.25) is 11.8 Å². The van der Waals surface area contributed by atoms with Crippen molar-refractivity contribution in [2.75, 3.05) is 0 Å². The first-order valence-corrected chi connectivity index (χ1v) is 3.39. The van der Waals surface area contributed by atoms with E-state index in [0.717, 1.165) is 0 Å². The van der Waals surface area contributed by atoms with Crippen LogP contribution >= 0.6 is 0 Å². The predicted molar refractivity (Wildman–Crippen MR) is 36.0 cm³/mol. The van der Waals surface area contributed by atoms with Crippen molar-refractivity contribution in [2.24, 2.45) is 11.8 Å². The third-order valence-corrected chi connectivity index (χ3v) is 1.76. The molecule has 2 unspecified atom stereocenters. The highest BCUT2D eigenvalue weighted by Crippen LogP contribution is 2.16. The van der Waals surface area contributed by atoms with Crippen molar-refractivity contribution in [3.05, 3.63) is 0 Å². The normalized spacial score (nSPS) is 30.9. The van der Waals surface area contributed by atoms with Crippen molar-refractivity contribution < 1.29 is 9.59 Å². The maximum atomic E-state index is 10.8. The van der Waals surface area contributed by atoms with Crippen LogP contribution in [-0.2, 0) is 9.59 Å². The maximum Gasteiger partial charge on any atom is 0.243 e. The SMILES string of the molecule is CC1CC(C#N)C(=O)NC1=O. The lowest BCUT2D eigenvalue weighted by molar-refractivity contribution is -0.137. The zero-order valence-corrected chi connectivity index (χ0v) is 6.13. The van der Waals surface area contributed by atoms with Crippen LogP contribution < -0.4 is 5.32 Å². The number of nitrogens with zero attached hydrogens (tertiary/aromatic N) is 1. The Balaban J connectivity index is 2.71. The van der Waals surface area contributed by atoms with Gasteiger partial charge in [0.15, 0.2) is 0 Å². The Kier molecular flexibility index (Phi) is 1.90. The molecule has 1 aliphatic heterocycles. The molecule has 11 heavy (non-hydrogen) atoms. The molecule has 0 aromatic rings. The largest absolute Gasteiger partial charge is 0.295 e. The van der Waals surface area contributed by atoms with E-state index in [0.29, 0.717) is 6.42 Å². The number of nitriles is 1. The van der Waals surface area contributed by atoms with Gasteiger partial charge in [-0.3, -0.25) is 14.9 Å². The molecular weight excluding hydrogens is 144 g/mol. The van der Waals surface area contributed by atoms with E-state index in [1.165, 1.54) is 0 Å². The number of hydrogen-bond donors (Lipinski definition) is 1. The molecule has 1 saturated heterocycles. The van der Waals surface area contributed by atoms with Crippen molar-refractivity contribution in [1.29, 1.82) is 5.26 Å². The smallest absolute Gasteiger partial charge is 0.243 e. The lowest BCUT2D eigenvalue weighted by atomic mass is 9.92. The first-order valence-electron chi connectivity index (χ1n) is 3.39. The third-order valence-electron chi connectivity index (χ3n) is 1.76. The Morgan fingerprint density at radius 1 is 1.55 bits per heavy atom. The van der Waals surface area contributed by atoms with E-state index in [2.05, 4.69) is 5.32 Å². The molecule has 0 spiro atoms. The minimum Gasteiger partial charge on any atom is -0.295 e. The minimum atomic E-state index is -0.650. The van der Waals surface area contributed by atoms with Gasteiger partial charge in [-0.1, -0.05) is 6.92 Å². The van der Waals surface area contributed by atoms with Crippen molar-refractivity contribution in [3.63, 3.8) is 0 Å². The second-order valence-electron chi connectivity index (χ2n) is 2.67. The van der Waals surface area contributed by atoms with E-state index in [-0.39, 0.29) is 11.8 Å². The second kappa shape index (κ2) is 2.70. The van der Waals surface area contributed by atoms with E-state index in [1.807, 2.05) is 6.07 Å². The number of hydrogen-bond acceptors (Lipinski definition) is 3. The van der Waals surface area contributed by atoms with Crippen LogP contribution in [0.5, 0.6) is 0 Å². The van der Waals surface area contributed by atoms with Gasteiger partial charge in [0.05, 0.1) is 6.07 Å². The van der Waals surface area contributed by atoms with Crippen molar-refractivity contribution >= 4 is 11.8 Å². The summed E-state index contributed by atoms with van der Waals surface area (Å²) in [5.74, 6) is -1.61. The topological polar surface area (TPSA) is 70.0 Å². The molecular formula is C7H8N2O2. The Morgan fingerprint density at radius 3 is 2.73 bits per heavy atom. The first-order chi connectivity index (χ1) is 5.15. The van der Waals surface area contributed by atoms with Crippen LogP contribution in [0.15, 0.2) is 0 Å². The number of carbonyl (C=O) groups excluding carboxylic acids is 2. The lowest BCUT2D eigenvalue weighted by Gasteiger charge is -2.20. The summed E-state index contributed by atoms with van der Waals surface area (Å²) < 4.78 is 0. The van der Waals surface area contributed by atoms with Crippen LogP contribution in [0.25, 0.3) is 0 Å². The third kappa shape index (κ3) is 1.37. The monoisotopic (exact) mass is 152 g/mol. The van der Waals surface area contributed by atoms with Gasteiger partial charge < -0.3 is 0 Å². The summed E-state index contributed by atoms with van der Waals surface area (Å²) in [7, 11) is 0. The van der Waals surface area contributed by atoms with Crippen LogP contribution in [0.4, 0.5) is 0 Å². The van der Waals surface area contributed by atoms with Gasteiger partial charge in [-0.25, -0.2) is 0 Å². The number of amides is 2. The minimum absolute atomic E-state index is 0.225. The summed E-state index contributed by atoms with van der Waals surface area (Å²) in [5.41, 5.74) is 0. The molecule has 1 fully saturated rings. The molecule has 2 atom stereocenters. The van der Waals surface area contributed by atoms with E-state index in [4.69, 9.17) is 5.26 Å². The van der Waals surface area contributed by atoms with Crippen molar-refractivity contribution in [1.82, 2.24) is 5.32 Å². The Bertz CT molecular complexity index is 241. The highest BCUT2D eigenvalue weighted by atomic mass is 16.2. The second-order valence-corrected chi connectivity index (χ2v) is 2.67. The molecule has 4 nitrogen and oxygen atoms in total. The molecule has 0 aromatic carbocycles. The van der Waals surface area contributed by atoms with E-state index in [1.54, 1.807) is 6.92 Å². The quantitative estimate of drug-likeness (QED) is 0.489. The van der Waals surface area contributed by atoms with Gasteiger partial charge in [-0.15, -0.1) is 0 Å². The summed E-state index contributed by atoms with van der Waals surface area (Å²) in [6, 6.07) is 1.84. The number of rotatable bonds is 0. The van der Waals surface area contributed by atoms with Crippen molar-refractivity contribution in [2.45, 2.75) is 13.3 Å². The highest BCUT2D eigenvalue weighted by molar-refractivity contribution is 6.00. The van der Waals surface area contributed by atoms with E-state index in [9.17, 15) is 9.59 Å². The molecule has 0 aliphatic carbocycles. The molecule has 4 heteroatoms. The number of nitrogens with one attached hydrogen (secondary N) is 1. The Morgan fingerprint density at radius 2 is 2.18 bits per heavy atom. The molecule has 1 aliphatic rings. The number of piperidine rings is 1. The number of carbonyl (C=O) groups is 2.